The lowest BCUT2D eigenvalue weighted by Crippen LogP contribution is -2.10. The molecule has 0 aromatic carbocycles. The van der Waals surface area contributed by atoms with Gasteiger partial charge < -0.3 is 5.73 Å². The van der Waals surface area contributed by atoms with Crippen molar-refractivity contribution in [3.63, 3.8) is 0 Å². The summed E-state index contributed by atoms with van der Waals surface area (Å²) in [6.07, 6.45) is 9.47. The number of rotatable bonds is 3. The highest BCUT2D eigenvalue weighted by Crippen LogP contribution is 2.23. The summed E-state index contributed by atoms with van der Waals surface area (Å²) >= 11 is 0. The average Bonchev–Trinajstić information content (AvgIpc) is 2.83. The second kappa shape index (κ2) is 5.13. The number of nitrogens with zero attached hydrogens (tertiary/aromatic N) is 3. The highest BCUT2D eigenvalue weighted by Gasteiger charge is 2.17. The molecule has 2 aromatic rings. The first-order valence-corrected chi connectivity index (χ1v) is 7.00. The first-order chi connectivity index (χ1) is 9.29. The lowest BCUT2D eigenvalue weighted by atomic mass is 10.0. The number of hydrogen-bond acceptors (Lipinski definition) is 3. The molecule has 19 heavy (non-hydrogen) atoms. The molecule has 0 unspecified atom stereocenters. The monoisotopic (exact) mass is 256 g/mol. The van der Waals surface area contributed by atoms with Crippen molar-refractivity contribution in [3.8, 4) is 5.82 Å². The zero-order valence-corrected chi connectivity index (χ0v) is 11.4. The van der Waals surface area contributed by atoms with E-state index in [2.05, 4.69) is 27.5 Å². The lowest BCUT2D eigenvalue weighted by Gasteiger charge is -2.15. The normalized spacial score (nSPS) is 14.4. The van der Waals surface area contributed by atoms with Gasteiger partial charge in [-0.3, -0.25) is 4.57 Å². The Bertz CT molecular complexity index is 586. The van der Waals surface area contributed by atoms with Gasteiger partial charge >= 0.3 is 0 Å². The van der Waals surface area contributed by atoms with Crippen molar-refractivity contribution in [2.75, 3.05) is 6.54 Å². The highest BCUT2D eigenvalue weighted by molar-refractivity contribution is 5.38. The van der Waals surface area contributed by atoms with E-state index in [0.717, 1.165) is 25.1 Å². The molecule has 100 valence electrons. The largest absolute Gasteiger partial charge is 0.330 e. The van der Waals surface area contributed by atoms with Crippen molar-refractivity contribution >= 4 is 0 Å². The van der Waals surface area contributed by atoms with E-state index in [1.807, 2.05) is 12.5 Å². The summed E-state index contributed by atoms with van der Waals surface area (Å²) in [5.74, 6) is 1.01. The second-order valence-corrected chi connectivity index (χ2v) is 5.24. The van der Waals surface area contributed by atoms with Crippen LogP contribution in [0.3, 0.4) is 0 Å². The van der Waals surface area contributed by atoms with Crippen LogP contribution in [0, 0.1) is 6.92 Å². The van der Waals surface area contributed by atoms with Crippen LogP contribution in [-0.2, 0) is 19.3 Å². The zero-order valence-electron chi connectivity index (χ0n) is 11.4. The van der Waals surface area contributed by atoms with E-state index in [9.17, 15) is 0 Å². The molecule has 0 amide bonds. The Labute approximate surface area is 113 Å². The van der Waals surface area contributed by atoms with Gasteiger partial charge in [0, 0.05) is 11.9 Å². The molecule has 2 aromatic heterocycles. The van der Waals surface area contributed by atoms with Gasteiger partial charge in [0.2, 0.25) is 0 Å². The molecular formula is C15H20N4. The van der Waals surface area contributed by atoms with Crippen LogP contribution in [0.2, 0.25) is 0 Å². The van der Waals surface area contributed by atoms with Crippen molar-refractivity contribution in [3.05, 3.63) is 41.1 Å². The number of fused-ring (bicyclic) bond motifs is 1. The van der Waals surface area contributed by atoms with Crippen LogP contribution in [0.5, 0.6) is 0 Å². The van der Waals surface area contributed by atoms with Gasteiger partial charge in [0.25, 0.3) is 0 Å². The van der Waals surface area contributed by atoms with E-state index in [1.54, 1.807) is 0 Å². The molecule has 0 radical (unpaired) electrons. The predicted molar refractivity (Wildman–Crippen MR) is 75.5 cm³/mol. The Morgan fingerprint density at radius 2 is 2.11 bits per heavy atom. The van der Waals surface area contributed by atoms with Crippen molar-refractivity contribution in [2.45, 2.75) is 39.0 Å². The maximum atomic E-state index is 5.59. The molecule has 1 aliphatic carbocycles. The van der Waals surface area contributed by atoms with Crippen molar-refractivity contribution < 1.29 is 0 Å². The third kappa shape index (κ3) is 2.28. The summed E-state index contributed by atoms with van der Waals surface area (Å²) < 4.78 is 2.16. The van der Waals surface area contributed by atoms with E-state index < -0.39 is 0 Å². The van der Waals surface area contributed by atoms with Crippen LogP contribution in [0.4, 0.5) is 0 Å². The minimum atomic E-state index is 0.668. The van der Waals surface area contributed by atoms with Crippen LogP contribution in [0.15, 0.2) is 18.6 Å². The molecule has 4 nitrogen and oxygen atoms in total. The van der Waals surface area contributed by atoms with E-state index in [4.69, 9.17) is 5.73 Å². The van der Waals surface area contributed by atoms with Gasteiger partial charge in [-0.25, -0.2) is 9.97 Å². The quantitative estimate of drug-likeness (QED) is 0.913. The second-order valence-electron chi connectivity index (χ2n) is 5.24. The minimum absolute atomic E-state index is 0.668. The molecule has 0 bridgehead atoms. The summed E-state index contributed by atoms with van der Waals surface area (Å²) in [6, 6.07) is 2.18. The van der Waals surface area contributed by atoms with Gasteiger partial charge in [0.1, 0.15) is 12.1 Å². The van der Waals surface area contributed by atoms with Crippen molar-refractivity contribution in [1.29, 1.82) is 0 Å². The van der Waals surface area contributed by atoms with Gasteiger partial charge in [-0.15, -0.1) is 0 Å². The summed E-state index contributed by atoms with van der Waals surface area (Å²) in [5.41, 5.74) is 10.6. The Morgan fingerprint density at radius 1 is 1.26 bits per heavy atom. The average molecular weight is 256 g/mol. The fourth-order valence-electron chi connectivity index (χ4n) is 2.83. The first kappa shape index (κ1) is 12.4. The van der Waals surface area contributed by atoms with Crippen LogP contribution < -0.4 is 5.73 Å². The van der Waals surface area contributed by atoms with E-state index in [-0.39, 0.29) is 0 Å². The minimum Gasteiger partial charge on any atom is -0.330 e. The van der Waals surface area contributed by atoms with Crippen LogP contribution in [0.25, 0.3) is 5.82 Å². The molecule has 2 N–H and O–H groups in total. The third-order valence-electron chi connectivity index (χ3n) is 3.80. The van der Waals surface area contributed by atoms with E-state index in [0.29, 0.717) is 6.54 Å². The first-order valence-electron chi connectivity index (χ1n) is 7.00. The summed E-state index contributed by atoms with van der Waals surface area (Å²) in [6.45, 7) is 2.78. The summed E-state index contributed by atoms with van der Waals surface area (Å²) in [7, 11) is 0. The number of hydrogen-bond donors (Lipinski definition) is 1. The zero-order chi connectivity index (χ0) is 13.2. The topological polar surface area (TPSA) is 56.7 Å². The van der Waals surface area contributed by atoms with Gasteiger partial charge in [-0.1, -0.05) is 6.07 Å². The highest BCUT2D eigenvalue weighted by atomic mass is 15.1. The van der Waals surface area contributed by atoms with Crippen molar-refractivity contribution in [2.24, 2.45) is 5.73 Å². The molecule has 0 fully saturated rings. The Hall–Kier alpha value is -1.68. The van der Waals surface area contributed by atoms with Crippen molar-refractivity contribution in [1.82, 2.24) is 14.5 Å². The van der Waals surface area contributed by atoms with E-state index >= 15 is 0 Å². The Balaban J connectivity index is 2.00. The van der Waals surface area contributed by atoms with Gasteiger partial charge in [0.15, 0.2) is 0 Å². The summed E-state index contributed by atoms with van der Waals surface area (Å²) in [5, 5.41) is 0. The SMILES string of the molecule is Cc1cc(CCN)cnc1-n1cnc2c1CCCC2. The maximum Gasteiger partial charge on any atom is 0.140 e. The fourth-order valence-corrected chi connectivity index (χ4v) is 2.83. The Kier molecular flexibility index (Phi) is 3.34. The molecule has 3 rings (SSSR count). The third-order valence-corrected chi connectivity index (χ3v) is 3.80. The number of aromatic nitrogens is 3. The molecule has 0 saturated carbocycles. The predicted octanol–water partition coefficient (Wildman–Crippen LogP) is 1.96. The number of imidazole rings is 1. The molecule has 2 heterocycles. The molecule has 1 aliphatic rings. The van der Waals surface area contributed by atoms with Gasteiger partial charge in [0.05, 0.1) is 5.69 Å². The van der Waals surface area contributed by atoms with Crippen LogP contribution >= 0.6 is 0 Å². The molecule has 0 spiro atoms. The molecule has 0 aliphatic heterocycles. The van der Waals surface area contributed by atoms with Gasteiger partial charge in [-0.2, -0.15) is 0 Å². The molecule has 0 atom stereocenters. The van der Waals surface area contributed by atoms with Crippen LogP contribution in [0.1, 0.15) is 35.4 Å². The standard InChI is InChI=1S/C15H20N4/c1-11-8-12(6-7-16)9-17-15(11)19-10-18-13-4-2-3-5-14(13)19/h8-10H,2-7,16H2,1H3. The molecular weight excluding hydrogens is 236 g/mol. The van der Waals surface area contributed by atoms with Gasteiger partial charge in [-0.05, 0) is 56.7 Å². The molecule has 4 heteroatoms. The number of nitrogens with two attached hydrogens (primary N) is 1. The Morgan fingerprint density at radius 3 is 2.89 bits per heavy atom. The summed E-state index contributed by atoms with van der Waals surface area (Å²) in [4.78, 5) is 9.15. The maximum absolute atomic E-state index is 5.59. The number of aryl methyl sites for hydroxylation is 2. The smallest absolute Gasteiger partial charge is 0.140 e. The lowest BCUT2D eigenvalue weighted by molar-refractivity contribution is 0.653. The van der Waals surface area contributed by atoms with Crippen LogP contribution in [-0.4, -0.2) is 21.1 Å². The fraction of sp³-hybridized carbons (Fsp3) is 0.467. The number of pyridine rings is 1. The molecule has 0 saturated heterocycles. The van der Waals surface area contributed by atoms with E-state index in [1.165, 1.54) is 35.4 Å².